The van der Waals surface area contributed by atoms with Gasteiger partial charge < -0.3 is 10.2 Å². The molecule has 0 radical (unpaired) electrons. The van der Waals surface area contributed by atoms with Gasteiger partial charge in [0.15, 0.2) is 0 Å². The molecular weight excluding hydrogens is 312 g/mol. The summed E-state index contributed by atoms with van der Waals surface area (Å²) >= 11 is 0. The highest BCUT2D eigenvalue weighted by molar-refractivity contribution is 5.95. The van der Waals surface area contributed by atoms with Gasteiger partial charge in [-0.25, -0.2) is 0 Å². The summed E-state index contributed by atoms with van der Waals surface area (Å²) in [6, 6.07) is 15.8. The first-order chi connectivity index (χ1) is 12.0. The maximum Gasteiger partial charge on any atom is 0.227 e. The Kier molecular flexibility index (Phi) is 5.17. The van der Waals surface area contributed by atoms with Crippen molar-refractivity contribution in [1.82, 2.24) is 5.32 Å². The molecule has 4 heteroatoms. The molecular formula is C21H24N2O2. The molecule has 3 rings (SSSR count). The van der Waals surface area contributed by atoms with Crippen LogP contribution in [0.2, 0.25) is 0 Å². The van der Waals surface area contributed by atoms with Gasteiger partial charge in [-0.2, -0.15) is 0 Å². The first-order valence-electron chi connectivity index (χ1n) is 8.79. The first-order valence-corrected chi connectivity index (χ1v) is 8.79. The molecule has 0 bridgehead atoms. The number of amides is 2. The number of rotatable bonds is 5. The number of carbonyl (C=O) groups excluding carboxylic acids is 2. The summed E-state index contributed by atoms with van der Waals surface area (Å²) in [5.74, 6) is 0.179. The Morgan fingerprint density at radius 2 is 1.88 bits per heavy atom. The Balaban J connectivity index is 1.59. The van der Waals surface area contributed by atoms with E-state index in [9.17, 15) is 9.59 Å². The van der Waals surface area contributed by atoms with Crippen molar-refractivity contribution in [2.75, 3.05) is 11.4 Å². The van der Waals surface area contributed by atoms with E-state index in [-0.39, 0.29) is 17.9 Å². The molecule has 1 N–H and O–H groups in total. The lowest BCUT2D eigenvalue weighted by molar-refractivity contribution is -0.121. The quantitative estimate of drug-likeness (QED) is 0.908. The molecule has 1 saturated heterocycles. The molecule has 1 heterocycles. The average Bonchev–Trinajstić information content (AvgIpc) is 3.02. The van der Waals surface area contributed by atoms with Crippen LogP contribution >= 0.6 is 0 Å². The third-order valence-electron chi connectivity index (χ3n) is 4.72. The fraction of sp³-hybridized carbons (Fsp3) is 0.333. The summed E-state index contributed by atoms with van der Waals surface area (Å²) in [6.45, 7) is 4.84. The highest BCUT2D eigenvalue weighted by Gasteiger charge is 2.21. The number of anilines is 1. The number of hydrogen-bond acceptors (Lipinski definition) is 2. The van der Waals surface area contributed by atoms with E-state index in [0.717, 1.165) is 29.8 Å². The lowest BCUT2D eigenvalue weighted by atomic mass is 10.0. The van der Waals surface area contributed by atoms with Crippen molar-refractivity contribution >= 4 is 17.5 Å². The van der Waals surface area contributed by atoms with Crippen LogP contribution in [-0.2, 0) is 16.0 Å². The minimum Gasteiger partial charge on any atom is -0.349 e. The fourth-order valence-electron chi connectivity index (χ4n) is 3.34. The zero-order valence-corrected chi connectivity index (χ0v) is 14.8. The fourth-order valence-corrected chi connectivity index (χ4v) is 3.34. The summed E-state index contributed by atoms with van der Waals surface area (Å²) in [6.07, 6.45) is 1.88. The zero-order valence-electron chi connectivity index (χ0n) is 14.8. The van der Waals surface area contributed by atoms with Gasteiger partial charge in [-0.15, -0.1) is 0 Å². The lowest BCUT2D eigenvalue weighted by Crippen LogP contribution is -2.28. The number of carbonyl (C=O) groups is 2. The molecule has 0 aromatic heterocycles. The predicted octanol–water partition coefficient (Wildman–Crippen LogP) is 3.54. The monoisotopic (exact) mass is 336 g/mol. The SMILES string of the molecule is Cc1ccccc1[C@@H](C)NC(=O)Cc1ccc(N2CCCC2=O)cc1. The van der Waals surface area contributed by atoms with E-state index in [1.54, 1.807) is 0 Å². The van der Waals surface area contributed by atoms with Crippen LogP contribution in [0.4, 0.5) is 5.69 Å². The number of aryl methyl sites for hydroxylation is 1. The second-order valence-electron chi connectivity index (χ2n) is 6.64. The second-order valence-corrected chi connectivity index (χ2v) is 6.64. The summed E-state index contributed by atoms with van der Waals surface area (Å²) in [7, 11) is 0. The summed E-state index contributed by atoms with van der Waals surface area (Å²) in [5, 5.41) is 3.06. The van der Waals surface area contributed by atoms with E-state index in [2.05, 4.69) is 18.3 Å². The van der Waals surface area contributed by atoms with Gasteiger partial charge >= 0.3 is 0 Å². The van der Waals surface area contributed by atoms with Crippen LogP contribution < -0.4 is 10.2 Å². The minimum atomic E-state index is -0.0183. The van der Waals surface area contributed by atoms with Crippen molar-refractivity contribution in [3.05, 3.63) is 65.2 Å². The van der Waals surface area contributed by atoms with Crippen molar-refractivity contribution in [3.8, 4) is 0 Å². The number of nitrogens with zero attached hydrogens (tertiary/aromatic N) is 1. The smallest absolute Gasteiger partial charge is 0.227 e. The Labute approximate surface area is 148 Å². The molecule has 0 aliphatic carbocycles. The Morgan fingerprint density at radius 1 is 1.16 bits per heavy atom. The van der Waals surface area contributed by atoms with Crippen LogP contribution in [0.15, 0.2) is 48.5 Å². The van der Waals surface area contributed by atoms with Crippen LogP contribution in [0.1, 0.15) is 42.5 Å². The Morgan fingerprint density at radius 3 is 2.52 bits per heavy atom. The van der Waals surface area contributed by atoms with Crippen molar-refractivity contribution in [1.29, 1.82) is 0 Å². The first kappa shape index (κ1) is 17.2. The van der Waals surface area contributed by atoms with E-state index < -0.39 is 0 Å². The van der Waals surface area contributed by atoms with Gasteiger partial charge in [-0.05, 0) is 49.1 Å². The van der Waals surface area contributed by atoms with Crippen LogP contribution in [0.25, 0.3) is 0 Å². The van der Waals surface area contributed by atoms with Crippen molar-refractivity contribution in [2.45, 2.75) is 39.2 Å². The Hall–Kier alpha value is -2.62. The molecule has 1 atom stereocenters. The van der Waals surface area contributed by atoms with Gasteiger partial charge in [0.05, 0.1) is 12.5 Å². The predicted molar refractivity (Wildman–Crippen MR) is 99.5 cm³/mol. The normalized spacial score (nSPS) is 15.3. The van der Waals surface area contributed by atoms with Gasteiger partial charge in [0.2, 0.25) is 11.8 Å². The van der Waals surface area contributed by atoms with E-state index in [0.29, 0.717) is 12.8 Å². The molecule has 1 aliphatic rings. The molecule has 0 unspecified atom stereocenters. The van der Waals surface area contributed by atoms with Crippen LogP contribution in [0, 0.1) is 6.92 Å². The van der Waals surface area contributed by atoms with Crippen LogP contribution in [0.5, 0.6) is 0 Å². The van der Waals surface area contributed by atoms with E-state index in [1.807, 2.05) is 54.3 Å². The van der Waals surface area contributed by atoms with Gasteiger partial charge in [-0.1, -0.05) is 36.4 Å². The largest absolute Gasteiger partial charge is 0.349 e. The maximum atomic E-state index is 12.3. The maximum absolute atomic E-state index is 12.3. The molecule has 25 heavy (non-hydrogen) atoms. The molecule has 1 aliphatic heterocycles. The highest BCUT2D eigenvalue weighted by Crippen LogP contribution is 2.22. The highest BCUT2D eigenvalue weighted by atomic mass is 16.2. The molecule has 0 spiro atoms. The van der Waals surface area contributed by atoms with Gasteiger partial charge in [0.25, 0.3) is 0 Å². The van der Waals surface area contributed by atoms with Gasteiger partial charge in [0, 0.05) is 18.7 Å². The molecule has 4 nitrogen and oxygen atoms in total. The minimum absolute atomic E-state index is 0.000696. The zero-order chi connectivity index (χ0) is 17.8. The standard InChI is InChI=1S/C21H24N2O2/c1-15-6-3-4-7-19(15)16(2)22-20(24)14-17-9-11-18(12-10-17)23-13-5-8-21(23)25/h3-4,6-7,9-12,16H,5,8,13-14H2,1-2H3,(H,22,24)/t16-/m1/s1. The van der Waals surface area contributed by atoms with Crippen molar-refractivity contribution < 1.29 is 9.59 Å². The van der Waals surface area contributed by atoms with Crippen molar-refractivity contribution in [3.63, 3.8) is 0 Å². The summed E-state index contributed by atoms with van der Waals surface area (Å²) in [4.78, 5) is 25.9. The summed E-state index contributed by atoms with van der Waals surface area (Å²) < 4.78 is 0. The summed E-state index contributed by atoms with van der Waals surface area (Å²) in [5.41, 5.74) is 4.18. The van der Waals surface area contributed by atoms with E-state index in [1.165, 1.54) is 5.56 Å². The molecule has 0 saturated carbocycles. The Bertz CT molecular complexity index is 768. The second kappa shape index (κ2) is 7.51. The molecule has 130 valence electrons. The molecule has 2 amide bonds. The number of hydrogen-bond donors (Lipinski definition) is 1. The molecule has 2 aromatic rings. The molecule has 1 fully saturated rings. The van der Waals surface area contributed by atoms with Crippen LogP contribution in [-0.4, -0.2) is 18.4 Å². The van der Waals surface area contributed by atoms with E-state index >= 15 is 0 Å². The van der Waals surface area contributed by atoms with E-state index in [4.69, 9.17) is 0 Å². The van der Waals surface area contributed by atoms with Gasteiger partial charge in [-0.3, -0.25) is 9.59 Å². The third-order valence-corrected chi connectivity index (χ3v) is 4.72. The van der Waals surface area contributed by atoms with Crippen molar-refractivity contribution in [2.24, 2.45) is 0 Å². The topological polar surface area (TPSA) is 49.4 Å². The number of nitrogens with one attached hydrogen (secondary N) is 1. The lowest BCUT2D eigenvalue weighted by Gasteiger charge is -2.17. The van der Waals surface area contributed by atoms with Crippen LogP contribution in [0.3, 0.4) is 0 Å². The average molecular weight is 336 g/mol. The number of benzene rings is 2. The van der Waals surface area contributed by atoms with Gasteiger partial charge in [0.1, 0.15) is 0 Å². The third kappa shape index (κ3) is 4.08. The molecule has 2 aromatic carbocycles.